The van der Waals surface area contributed by atoms with Gasteiger partial charge in [0.05, 0.1) is 11.5 Å². The molecule has 1 heterocycles. The molecule has 0 aromatic carbocycles. The van der Waals surface area contributed by atoms with Gasteiger partial charge in [-0.05, 0) is 32.6 Å². The Morgan fingerprint density at radius 1 is 1.38 bits per heavy atom. The summed E-state index contributed by atoms with van der Waals surface area (Å²) in [4.78, 5) is 34.8. The summed E-state index contributed by atoms with van der Waals surface area (Å²) in [7, 11) is 0. The zero-order valence-corrected chi connectivity index (χ0v) is 14.5. The van der Waals surface area contributed by atoms with Crippen LogP contribution in [0.4, 0.5) is 5.82 Å². The van der Waals surface area contributed by atoms with E-state index in [9.17, 15) is 14.4 Å². The number of amides is 2. The minimum atomic E-state index is -0.528. The number of anilines is 1. The number of ether oxygens (including phenoxy) is 1. The molecule has 2 rings (SSSR count). The first-order valence-corrected chi connectivity index (χ1v) is 8.85. The van der Waals surface area contributed by atoms with Gasteiger partial charge in [-0.1, -0.05) is 5.16 Å². The van der Waals surface area contributed by atoms with Crippen molar-refractivity contribution < 1.29 is 23.6 Å². The summed E-state index contributed by atoms with van der Waals surface area (Å²) in [6.45, 7) is 3.37. The number of nitrogens with zero attached hydrogens (tertiary/aromatic N) is 1. The lowest BCUT2D eigenvalue weighted by molar-refractivity contribution is -0.146. The van der Waals surface area contributed by atoms with Crippen LogP contribution >= 0.6 is 11.8 Å². The Labute approximate surface area is 144 Å². The van der Waals surface area contributed by atoms with Gasteiger partial charge in [0.2, 0.25) is 5.91 Å². The minimum Gasteiger partial charge on any atom is -0.455 e. The summed E-state index contributed by atoms with van der Waals surface area (Å²) < 4.78 is 9.70. The second kappa shape index (κ2) is 8.72. The van der Waals surface area contributed by atoms with Gasteiger partial charge in [0.1, 0.15) is 5.76 Å². The average Bonchev–Trinajstić information content (AvgIpc) is 3.29. The van der Waals surface area contributed by atoms with Crippen molar-refractivity contribution >= 4 is 35.4 Å². The Kier molecular flexibility index (Phi) is 6.65. The highest BCUT2D eigenvalue weighted by molar-refractivity contribution is 8.00. The normalized spacial score (nSPS) is 14.8. The average molecular weight is 355 g/mol. The molecule has 0 spiro atoms. The lowest BCUT2D eigenvalue weighted by Crippen LogP contribution is -2.37. The molecule has 9 heteroatoms. The molecule has 1 fully saturated rings. The molecule has 1 aromatic heterocycles. The second-order valence-electron chi connectivity index (χ2n) is 5.72. The van der Waals surface area contributed by atoms with Gasteiger partial charge in [0.25, 0.3) is 5.91 Å². The predicted octanol–water partition coefficient (Wildman–Crippen LogP) is 1.11. The SMILES string of the molecule is Cc1cc(NC(=O)CSCC(=O)OCC(=O)N[C@@H](C)C2CC2)no1. The van der Waals surface area contributed by atoms with Crippen molar-refractivity contribution in [3.8, 4) is 0 Å². The summed E-state index contributed by atoms with van der Waals surface area (Å²) in [5, 5.41) is 8.98. The van der Waals surface area contributed by atoms with Crippen LogP contribution in [-0.2, 0) is 19.1 Å². The van der Waals surface area contributed by atoms with E-state index in [-0.39, 0.29) is 36.0 Å². The van der Waals surface area contributed by atoms with Gasteiger partial charge in [-0.15, -0.1) is 11.8 Å². The van der Waals surface area contributed by atoms with E-state index in [0.717, 1.165) is 24.6 Å². The van der Waals surface area contributed by atoms with Crippen LogP contribution in [0.25, 0.3) is 0 Å². The number of carbonyl (C=O) groups is 3. The molecule has 8 nitrogen and oxygen atoms in total. The molecule has 1 aliphatic carbocycles. The monoisotopic (exact) mass is 355 g/mol. The van der Waals surface area contributed by atoms with E-state index in [1.807, 2.05) is 6.92 Å². The molecule has 2 amide bonds. The smallest absolute Gasteiger partial charge is 0.316 e. The zero-order chi connectivity index (χ0) is 17.5. The maximum atomic E-state index is 11.6. The summed E-state index contributed by atoms with van der Waals surface area (Å²) in [6.07, 6.45) is 2.27. The van der Waals surface area contributed by atoms with Crippen molar-refractivity contribution in [3.05, 3.63) is 11.8 Å². The summed E-state index contributed by atoms with van der Waals surface area (Å²) in [6, 6.07) is 1.72. The molecule has 1 atom stereocenters. The van der Waals surface area contributed by atoms with E-state index >= 15 is 0 Å². The number of thioether (sulfide) groups is 1. The molecule has 0 aliphatic heterocycles. The number of aryl methyl sites for hydroxylation is 1. The fourth-order valence-corrected chi connectivity index (χ4v) is 2.64. The van der Waals surface area contributed by atoms with Crippen LogP contribution in [0.15, 0.2) is 10.6 Å². The number of carbonyl (C=O) groups excluding carboxylic acids is 3. The van der Waals surface area contributed by atoms with Crippen molar-refractivity contribution in [3.63, 3.8) is 0 Å². The lowest BCUT2D eigenvalue weighted by Gasteiger charge is -2.12. The molecule has 1 aromatic rings. The molecule has 0 saturated heterocycles. The van der Waals surface area contributed by atoms with E-state index in [1.54, 1.807) is 13.0 Å². The van der Waals surface area contributed by atoms with Gasteiger partial charge in [-0.3, -0.25) is 14.4 Å². The fourth-order valence-electron chi connectivity index (χ4n) is 2.03. The number of rotatable bonds is 9. The molecular formula is C15H21N3O5S. The van der Waals surface area contributed by atoms with Gasteiger partial charge >= 0.3 is 5.97 Å². The van der Waals surface area contributed by atoms with Crippen LogP contribution in [0.1, 0.15) is 25.5 Å². The molecule has 2 N–H and O–H groups in total. The number of aromatic nitrogens is 1. The highest BCUT2D eigenvalue weighted by Gasteiger charge is 2.28. The Morgan fingerprint density at radius 3 is 2.75 bits per heavy atom. The van der Waals surface area contributed by atoms with Crippen LogP contribution in [0, 0.1) is 12.8 Å². The molecular weight excluding hydrogens is 334 g/mol. The van der Waals surface area contributed by atoms with Gasteiger partial charge in [-0.2, -0.15) is 0 Å². The van der Waals surface area contributed by atoms with Gasteiger partial charge in [0, 0.05) is 12.1 Å². The number of esters is 1. The molecule has 0 radical (unpaired) electrons. The van der Waals surface area contributed by atoms with Gasteiger partial charge in [-0.25, -0.2) is 0 Å². The van der Waals surface area contributed by atoms with Crippen LogP contribution in [0.5, 0.6) is 0 Å². The number of hydrogen-bond donors (Lipinski definition) is 2. The van der Waals surface area contributed by atoms with E-state index < -0.39 is 5.97 Å². The fraction of sp³-hybridized carbons (Fsp3) is 0.600. The predicted molar refractivity (Wildman–Crippen MR) is 88.5 cm³/mol. The van der Waals surface area contributed by atoms with Crippen molar-refractivity contribution in [2.45, 2.75) is 32.7 Å². The first-order chi connectivity index (χ1) is 11.4. The molecule has 1 saturated carbocycles. The Morgan fingerprint density at radius 2 is 2.12 bits per heavy atom. The van der Waals surface area contributed by atoms with Crippen LogP contribution in [-0.4, -0.2) is 47.1 Å². The first kappa shape index (κ1) is 18.3. The van der Waals surface area contributed by atoms with Crippen LogP contribution < -0.4 is 10.6 Å². The highest BCUT2D eigenvalue weighted by Crippen LogP contribution is 2.32. The van der Waals surface area contributed by atoms with Crippen molar-refractivity contribution in [1.29, 1.82) is 0 Å². The molecule has 132 valence electrons. The van der Waals surface area contributed by atoms with Gasteiger partial charge in [0.15, 0.2) is 12.4 Å². The lowest BCUT2D eigenvalue weighted by atomic mass is 10.2. The van der Waals surface area contributed by atoms with Crippen molar-refractivity contribution in [1.82, 2.24) is 10.5 Å². The Balaban J connectivity index is 1.54. The molecule has 24 heavy (non-hydrogen) atoms. The third kappa shape index (κ3) is 6.61. The van der Waals surface area contributed by atoms with E-state index in [2.05, 4.69) is 15.8 Å². The van der Waals surface area contributed by atoms with Crippen LogP contribution in [0.3, 0.4) is 0 Å². The van der Waals surface area contributed by atoms with E-state index in [4.69, 9.17) is 9.26 Å². The van der Waals surface area contributed by atoms with E-state index in [1.165, 1.54) is 0 Å². The molecule has 0 unspecified atom stereocenters. The van der Waals surface area contributed by atoms with E-state index in [0.29, 0.717) is 17.5 Å². The summed E-state index contributed by atoms with van der Waals surface area (Å²) in [5.74, 6) is 0.427. The third-order valence-electron chi connectivity index (χ3n) is 3.43. The minimum absolute atomic E-state index is 0.00325. The number of hydrogen-bond acceptors (Lipinski definition) is 7. The Hall–Kier alpha value is -2.03. The Bertz CT molecular complexity index is 600. The quantitative estimate of drug-likeness (QED) is 0.638. The number of nitrogens with one attached hydrogen (secondary N) is 2. The zero-order valence-electron chi connectivity index (χ0n) is 13.7. The van der Waals surface area contributed by atoms with Gasteiger partial charge < -0.3 is 19.9 Å². The molecule has 1 aliphatic rings. The first-order valence-electron chi connectivity index (χ1n) is 7.70. The summed E-state index contributed by atoms with van der Waals surface area (Å²) >= 11 is 1.10. The largest absolute Gasteiger partial charge is 0.455 e. The van der Waals surface area contributed by atoms with Crippen molar-refractivity contribution in [2.75, 3.05) is 23.4 Å². The second-order valence-corrected chi connectivity index (χ2v) is 6.70. The third-order valence-corrected chi connectivity index (χ3v) is 4.34. The van der Waals surface area contributed by atoms with Crippen LogP contribution in [0.2, 0.25) is 0 Å². The maximum Gasteiger partial charge on any atom is 0.316 e. The topological polar surface area (TPSA) is 111 Å². The highest BCUT2D eigenvalue weighted by atomic mass is 32.2. The summed E-state index contributed by atoms with van der Waals surface area (Å²) in [5.41, 5.74) is 0. The standard InChI is InChI=1S/C15H21N3O5S/c1-9-5-12(18-23-9)17-14(20)7-24-8-15(21)22-6-13(19)16-10(2)11-3-4-11/h5,10-11H,3-4,6-8H2,1-2H3,(H,16,19)(H,17,18,20)/t10-/m0/s1. The maximum absolute atomic E-state index is 11.6. The van der Waals surface area contributed by atoms with Crippen molar-refractivity contribution in [2.24, 2.45) is 5.92 Å². The molecule has 0 bridgehead atoms.